The molecule has 20 heavy (non-hydrogen) atoms. The Labute approximate surface area is 124 Å². The molecule has 2 rings (SSSR count). The van der Waals surface area contributed by atoms with E-state index in [0.29, 0.717) is 12.2 Å². The van der Waals surface area contributed by atoms with Crippen LogP contribution in [0.1, 0.15) is 18.9 Å². The van der Waals surface area contributed by atoms with Gasteiger partial charge in [-0.05, 0) is 18.6 Å². The molecule has 1 heterocycles. The fraction of sp³-hybridized carbons (Fsp3) is 0.286. The molecular formula is C14H16BrN3O2. The minimum Gasteiger partial charge on any atom is -0.398 e. The van der Waals surface area contributed by atoms with E-state index >= 15 is 0 Å². The van der Waals surface area contributed by atoms with Crippen LogP contribution in [0.25, 0.3) is 0 Å². The van der Waals surface area contributed by atoms with Gasteiger partial charge in [0, 0.05) is 34.5 Å². The van der Waals surface area contributed by atoms with Gasteiger partial charge in [0.15, 0.2) is 0 Å². The normalized spacial score (nSPS) is 10.7. The fourth-order valence-corrected chi connectivity index (χ4v) is 2.52. The highest BCUT2D eigenvalue weighted by molar-refractivity contribution is 9.10. The van der Waals surface area contributed by atoms with Crippen molar-refractivity contribution in [3.8, 4) is 0 Å². The number of nitrogens with two attached hydrogens (primary N) is 1. The summed E-state index contributed by atoms with van der Waals surface area (Å²) in [5.74, 6) is 0. The number of hydrogen-bond donors (Lipinski definition) is 1. The molecule has 0 atom stereocenters. The summed E-state index contributed by atoms with van der Waals surface area (Å²) in [7, 11) is 0. The van der Waals surface area contributed by atoms with E-state index in [0.717, 1.165) is 16.5 Å². The minimum absolute atomic E-state index is 0.162. The van der Waals surface area contributed by atoms with E-state index < -0.39 is 0 Å². The molecule has 6 heteroatoms. The SMILES string of the molecule is CCCn1ccc(=O)n(Cc2c(N)cccc2Br)c1=O. The minimum atomic E-state index is -0.322. The highest BCUT2D eigenvalue weighted by atomic mass is 79.9. The molecule has 0 amide bonds. The largest absolute Gasteiger partial charge is 0.398 e. The van der Waals surface area contributed by atoms with Crippen molar-refractivity contribution in [1.82, 2.24) is 9.13 Å². The van der Waals surface area contributed by atoms with Gasteiger partial charge in [0.1, 0.15) is 0 Å². The van der Waals surface area contributed by atoms with Crippen LogP contribution in [0.5, 0.6) is 0 Å². The van der Waals surface area contributed by atoms with Crippen LogP contribution < -0.4 is 17.0 Å². The van der Waals surface area contributed by atoms with Gasteiger partial charge < -0.3 is 10.3 Å². The molecule has 0 aliphatic rings. The maximum atomic E-state index is 12.3. The Kier molecular flexibility index (Phi) is 4.44. The van der Waals surface area contributed by atoms with Gasteiger partial charge in [-0.15, -0.1) is 0 Å². The van der Waals surface area contributed by atoms with Crippen LogP contribution in [0, 0.1) is 0 Å². The molecule has 0 spiro atoms. The molecule has 5 nitrogen and oxygen atoms in total. The number of hydrogen-bond acceptors (Lipinski definition) is 3. The predicted molar refractivity (Wildman–Crippen MR) is 82.9 cm³/mol. The van der Waals surface area contributed by atoms with E-state index in [4.69, 9.17) is 5.73 Å². The molecule has 1 aromatic carbocycles. The van der Waals surface area contributed by atoms with E-state index in [1.54, 1.807) is 6.07 Å². The van der Waals surface area contributed by atoms with Gasteiger partial charge in [0.25, 0.3) is 5.56 Å². The summed E-state index contributed by atoms with van der Waals surface area (Å²) in [4.78, 5) is 24.2. The molecule has 0 fully saturated rings. The van der Waals surface area contributed by atoms with E-state index in [-0.39, 0.29) is 17.8 Å². The zero-order valence-electron chi connectivity index (χ0n) is 11.2. The topological polar surface area (TPSA) is 70.0 Å². The first kappa shape index (κ1) is 14.6. The Balaban J connectivity index is 2.51. The molecule has 106 valence electrons. The molecule has 0 saturated carbocycles. The lowest BCUT2D eigenvalue weighted by atomic mass is 10.2. The lowest BCUT2D eigenvalue weighted by Gasteiger charge is -2.12. The van der Waals surface area contributed by atoms with Crippen LogP contribution >= 0.6 is 15.9 Å². The quantitative estimate of drug-likeness (QED) is 0.865. The number of aromatic nitrogens is 2. The van der Waals surface area contributed by atoms with Crippen LogP contribution in [0.15, 0.2) is 44.5 Å². The first-order chi connectivity index (χ1) is 9.54. The average molecular weight is 338 g/mol. The van der Waals surface area contributed by atoms with Gasteiger partial charge in [-0.25, -0.2) is 4.79 Å². The van der Waals surface area contributed by atoms with Crippen molar-refractivity contribution in [2.75, 3.05) is 5.73 Å². The van der Waals surface area contributed by atoms with E-state index in [1.807, 2.05) is 19.1 Å². The van der Waals surface area contributed by atoms with Gasteiger partial charge in [-0.3, -0.25) is 9.36 Å². The van der Waals surface area contributed by atoms with Crippen molar-refractivity contribution in [1.29, 1.82) is 0 Å². The number of nitrogen functional groups attached to an aromatic ring is 1. The van der Waals surface area contributed by atoms with Crippen molar-refractivity contribution in [2.45, 2.75) is 26.4 Å². The van der Waals surface area contributed by atoms with Crippen molar-refractivity contribution in [3.05, 3.63) is 61.3 Å². The Morgan fingerprint density at radius 1 is 1.25 bits per heavy atom. The Hall–Kier alpha value is -1.82. The summed E-state index contributed by atoms with van der Waals surface area (Å²) in [5.41, 5.74) is 6.57. The van der Waals surface area contributed by atoms with Gasteiger partial charge in [-0.1, -0.05) is 28.9 Å². The van der Waals surface area contributed by atoms with Crippen molar-refractivity contribution < 1.29 is 0 Å². The van der Waals surface area contributed by atoms with E-state index in [9.17, 15) is 9.59 Å². The molecule has 0 radical (unpaired) electrons. The number of aryl methyl sites for hydroxylation is 1. The van der Waals surface area contributed by atoms with Crippen LogP contribution in [-0.4, -0.2) is 9.13 Å². The Bertz CT molecular complexity index is 714. The fourth-order valence-electron chi connectivity index (χ4n) is 2.01. The maximum Gasteiger partial charge on any atom is 0.331 e. The summed E-state index contributed by atoms with van der Waals surface area (Å²) >= 11 is 3.40. The molecule has 0 saturated heterocycles. The maximum absolute atomic E-state index is 12.3. The highest BCUT2D eigenvalue weighted by Gasteiger charge is 2.10. The summed E-state index contributed by atoms with van der Waals surface area (Å²) in [6, 6.07) is 6.80. The first-order valence-electron chi connectivity index (χ1n) is 6.37. The average Bonchev–Trinajstić information content (AvgIpc) is 2.41. The molecule has 2 aromatic rings. The zero-order chi connectivity index (χ0) is 14.7. The van der Waals surface area contributed by atoms with Crippen LogP contribution in [0.3, 0.4) is 0 Å². The second-order valence-electron chi connectivity index (χ2n) is 4.52. The lowest BCUT2D eigenvalue weighted by Crippen LogP contribution is -2.39. The molecule has 0 aliphatic heterocycles. The molecule has 0 unspecified atom stereocenters. The number of anilines is 1. The number of halogens is 1. The van der Waals surface area contributed by atoms with Crippen molar-refractivity contribution >= 4 is 21.6 Å². The third-order valence-corrected chi connectivity index (χ3v) is 3.82. The smallest absolute Gasteiger partial charge is 0.331 e. The van der Waals surface area contributed by atoms with Crippen LogP contribution in [0.4, 0.5) is 5.69 Å². The summed E-state index contributed by atoms with van der Waals surface area (Å²) in [6.45, 7) is 2.73. The second-order valence-corrected chi connectivity index (χ2v) is 5.38. The lowest BCUT2D eigenvalue weighted by molar-refractivity contribution is 0.570. The van der Waals surface area contributed by atoms with Crippen LogP contribution in [0.2, 0.25) is 0 Å². The highest BCUT2D eigenvalue weighted by Crippen LogP contribution is 2.22. The molecule has 2 N–H and O–H groups in total. The van der Waals surface area contributed by atoms with E-state index in [2.05, 4.69) is 15.9 Å². The van der Waals surface area contributed by atoms with Gasteiger partial charge >= 0.3 is 5.69 Å². The Morgan fingerprint density at radius 3 is 2.65 bits per heavy atom. The number of rotatable bonds is 4. The third kappa shape index (κ3) is 2.85. The van der Waals surface area contributed by atoms with E-state index in [1.165, 1.54) is 21.4 Å². The molecule has 1 aromatic heterocycles. The predicted octanol–water partition coefficient (Wildman–Crippen LogP) is 1.81. The van der Waals surface area contributed by atoms with Crippen molar-refractivity contribution in [2.24, 2.45) is 0 Å². The third-order valence-electron chi connectivity index (χ3n) is 3.08. The molecule has 0 aliphatic carbocycles. The van der Waals surface area contributed by atoms with Crippen LogP contribution in [-0.2, 0) is 13.1 Å². The van der Waals surface area contributed by atoms with Gasteiger partial charge in [0.2, 0.25) is 0 Å². The first-order valence-corrected chi connectivity index (χ1v) is 7.17. The number of benzene rings is 1. The van der Waals surface area contributed by atoms with Gasteiger partial charge in [0.05, 0.1) is 6.54 Å². The zero-order valence-corrected chi connectivity index (χ0v) is 12.8. The second kappa shape index (κ2) is 6.09. The summed E-state index contributed by atoms with van der Waals surface area (Å²) in [5, 5.41) is 0. The van der Waals surface area contributed by atoms with Crippen molar-refractivity contribution in [3.63, 3.8) is 0 Å². The monoisotopic (exact) mass is 337 g/mol. The summed E-state index contributed by atoms with van der Waals surface area (Å²) in [6.07, 6.45) is 2.36. The molecule has 0 bridgehead atoms. The summed E-state index contributed by atoms with van der Waals surface area (Å²) < 4.78 is 3.52. The standard InChI is InChI=1S/C14H16BrN3O2/c1-2-7-17-8-6-13(19)18(14(17)20)9-10-11(15)4-3-5-12(10)16/h3-6,8H,2,7,9,16H2,1H3. The van der Waals surface area contributed by atoms with Gasteiger partial charge in [-0.2, -0.15) is 0 Å². The Morgan fingerprint density at radius 2 is 2.00 bits per heavy atom. The number of nitrogens with zero attached hydrogens (tertiary/aromatic N) is 2. The molecular weight excluding hydrogens is 322 g/mol.